The lowest BCUT2D eigenvalue weighted by Gasteiger charge is -2.08. The summed E-state index contributed by atoms with van der Waals surface area (Å²) in [4.78, 5) is 0. The number of hydrogen-bond donors (Lipinski definition) is 0. The van der Waals surface area contributed by atoms with E-state index in [9.17, 15) is 0 Å². The van der Waals surface area contributed by atoms with Gasteiger partial charge in [0.15, 0.2) is 0 Å². The Labute approximate surface area is 122 Å². The topological polar surface area (TPSA) is 9.23 Å². The highest BCUT2D eigenvalue weighted by Gasteiger charge is 1.98. The molecule has 0 bridgehead atoms. The van der Waals surface area contributed by atoms with Crippen LogP contribution >= 0.6 is 0 Å². The van der Waals surface area contributed by atoms with E-state index in [1.54, 1.807) is 0 Å². The second-order valence-corrected chi connectivity index (χ2v) is 5.04. The van der Waals surface area contributed by atoms with Crippen molar-refractivity contribution in [3.8, 4) is 5.75 Å². The van der Waals surface area contributed by atoms with Crippen molar-refractivity contribution in [2.24, 2.45) is 0 Å². The van der Waals surface area contributed by atoms with Crippen molar-refractivity contribution in [3.05, 3.63) is 72.6 Å². The summed E-state index contributed by atoms with van der Waals surface area (Å²) in [5.41, 5.74) is 2.72. The van der Waals surface area contributed by atoms with Gasteiger partial charge in [0.1, 0.15) is 5.75 Å². The van der Waals surface area contributed by atoms with Crippen LogP contribution in [-0.2, 0) is 12.8 Å². The Balaban J connectivity index is 1.73. The predicted molar refractivity (Wildman–Crippen MR) is 85.0 cm³/mol. The SMILES string of the molecule is [CH2]CCCc1cccc(OCCCc2ccccc2)c1. The molecule has 0 N–H and O–H groups in total. The van der Waals surface area contributed by atoms with E-state index >= 15 is 0 Å². The Hall–Kier alpha value is -1.76. The number of rotatable bonds is 8. The van der Waals surface area contributed by atoms with Gasteiger partial charge >= 0.3 is 0 Å². The Bertz CT molecular complexity index is 490. The van der Waals surface area contributed by atoms with Gasteiger partial charge in [0, 0.05) is 0 Å². The highest BCUT2D eigenvalue weighted by Crippen LogP contribution is 2.15. The monoisotopic (exact) mass is 267 g/mol. The van der Waals surface area contributed by atoms with Crippen molar-refractivity contribution >= 4 is 0 Å². The molecule has 0 aliphatic rings. The van der Waals surface area contributed by atoms with Crippen molar-refractivity contribution in [1.29, 1.82) is 0 Å². The first-order chi connectivity index (χ1) is 9.88. The second kappa shape index (κ2) is 8.42. The number of ether oxygens (including phenoxy) is 1. The predicted octanol–water partition coefficient (Wildman–Crippen LogP) is 4.85. The molecule has 0 aliphatic carbocycles. The molecule has 2 aromatic rings. The summed E-state index contributed by atoms with van der Waals surface area (Å²) < 4.78 is 5.83. The highest BCUT2D eigenvalue weighted by molar-refractivity contribution is 5.28. The zero-order valence-electron chi connectivity index (χ0n) is 12.1. The zero-order chi connectivity index (χ0) is 14.0. The molecular formula is C19H23O. The fraction of sp³-hybridized carbons (Fsp3) is 0.316. The maximum absolute atomic E-state index is 5.83. The first-order valence-electron chi connectivity index (χ1n) is 7.43. The molecule has 1 heteroatoms. The normalized spacial score (nSPS) is 10.4. The molecule has 0 fully saturated rings. The van der Waals surface area contributed by atoms with Gasteiger partial charge in [0.25, 0.3) is 0 Å². The third-order valence-corrected chi connectivity index (χ3v) is 3.34. The summed E-state index contributed by atoms with van der Waals surface area (Å²) in [6, 6.07) is 19.0. The molecule has 0 heterocycles. The molecule has 0 atom stereocenters. The molecule has 20 heavy (non-hydrogen) atoms. The summed E-state index contributed by atoms with van der Waals surface area (Å²) in [6.45, 7) is 4.65. The van der Waals surface area contributed by atoms with E-state index in [-0.39, 0.29) is 0 Å². The summed E-state index contributed by atoms with van der Waals surface area (Å²) in [6.07, 6.45) is 5.33. The van der Waals surface area contributed by atoms with Crippen molar-refractivity contribution in [1.82, 2.24) is 0 Å². The van der Waals surface area contributed by atoms with Crippen LogP contribution in [0.25, 0.3) is 0 Å². The minimum atomic E-state index is 0.772. The molecule has 0 saturated heterocycles. The molecule has 0 unspecified atom stereocenters. The fourth-order valence-electron chi connectivity index (χ4n) is 2.23. The third kappa shape index (κ3) is 5.08. The minimum Gasteiger partial charge on any atom is -0.494 e. The lowest BCUT2D eigenvalue weighted by molar-refractivity contribution is 0.310. The Morgan fingerprint density at radius 1 is 0.800 bits per heavy atom. The molecule has 0 amide bonds. The number of hydrogen-bond acceptors (Lipinski definition) is 1. The molecule has 2 rings (SSSR count). The maximum Gasteiger partial charge on any atom is 0.119 e. The van der Waals surface area contributed by atoms with Gasteiger partial charge in [-0.15, -0.1) is 0 Å². The van der Waals surface area contributed by atoms with E-state index in [0.717, 1.165) is 44.5 Å². The molecule has 2 aromatic carbocycles. The summed E-state index contributed by atoms with van der Waals surface area (Å²) >= 11 is 0. The maximum atomic E-state index is 5.83. The van der Waals surface area contributed by atoms with Crippen LogP contribution in [0.5, 0.6) is 5.75 Å². The fourth-order valence-corrected chi connectivity index (χ4v) is 2.23. The van der Waals surface area contributed by atoms with Gasteiger partial charge in [0.05, 0.1) is 6.61 Å². The second-order valence-electron chi connectivity index (χ2n) is 5.04. The van der Waals surface area contributed by atoms with Crippen molar-refractivity contribution in [2.75, 3.05) is 6.61 Å². The average molecular weight is 267 g/mol. The molecule has 0 saturated carbocycles. The van der Waals surface area contributed by atoms with E-state index in [1.165, 1.54) is 11.1 Å². The van der Waals surface area contributed by atoms with E-state index in [0.29, 0.717) is 0 Å². The smallest absolute Gasteiger partial charge is 0.119 e. The molecule has 1 nitrogen and oxygen atoms in total. The summed E-state index contributed by atoms with van der Waals surface area (Å²) in [7, 11) is 0. The van der Waals surface area contributed by atoms with E-state index in [1.807, 2.05) is 6.07 Å². The van der Waals surface area contributed by atoms with Crippen LogP contribution in [0.4, 0.5) is 0 Å². The molecule has 0 aliphatic heterocycles. The van der Waals surface area contributed by atoms with E-state index in [2.05, 4.69) is 55.5 Å². The highest BCUT2D eigenvalue weighted by atomic mass is 16.5. The van der Waals surface area contributed by atoms with Crippen LogP contribution in [0.2, 0.25) is 0 Å². The van der Waals surface area contributed by atoms with Gasteiger partial charge in [-0.1, -0.05) is 55.8 Å². The van der Waals surface area contributed by atoms with Crippen molar-refractivity contribution < 1.29 is 4.74 Å². The Morgan fingerprint density at radius 3 is 2.35 bits per heavy atom. The van der Waals surface area contributed by atoms with Crippen molar-refractivity contribution in [2.45, 2.75) is 32.1 Å². The molecule has 0 spiro atoms. The standard InChI is InChI=1S/C19H23O/c1-2-3-9-18-12-7-14-19(16-18)20-15-8-13-17-10-5-4-6-11-17/h4-7,10-12,14,16H,1-3,8-9,13,15H2. The van der Waals surface area contributed by atoms with Crippen LogP contribution in [0.15, 0.2) is 54.6 Å². The minimum absolute atomic E-state index is 0.772. The van der Waals surface area contributed by atoms with E-state index < -0.39 is 0 Å². The number of benzene rings is 2. The molecular weight excluding hydrogens is 244 g/mol. The van der Waals surface area contributed by atoms with Crippen LogP contribution in [-0.4, -0.2) is 6.61 Å². The van der Waals surface area contributed by atoms with Crippen molar-refractivity contribution in [3.63, 3.8) is 0 Å². The van der Waals surface area contributed by atoms with Gasteiger partial charge in [0.2, 0.25) is 0 Å². The van der Waals surface area contributed by atoms with Crippen LogP contribution in [0, 0.1) is 6.92 Å². The largest absolute Gasteiger partial charge is 0.494 e. The lowest BCUT2D eigenvalue weighted by atomic mass is 10.1. The van der Waals surface area contributed by atoms with Gasteiger partial charge in [-0.2, -0.15) is 0 Å². The average Bonchev–Trinajstić information content (AvgIpc) is 2.51. The van der Waals surface area contributed by atoms with Crippen LogP contribution < -0.4 is 4.74 Å². The summed E-state index contributed by atoms with van der Waals surface area (Å²) in [5, 5.41) is 0. The molecule has 0 aromatic heterocycles. The third-order valence-electron chi connectivity index (χ3n) is 3.34. The zero-order valence-corrected chi connectivity index (χ0v) is 12.1. The number of unbranched alkanes of at least 4 members (excludes halogenated alkanes) is 1. The summed E-state index contributed by atoms with van der Waals surface area (Å²) in [5.74, 6) is 0.986. The molecule has 105 valence electrons. The number of aryl methyl sites for hydroxylation is 2. The van der Waals surface area contributed by atoms with Gasteiger partial charge in [-0.05, 0) is 48.9 Å². The van der Waals surface area contributed by atoms with Gasteiger partial charge in [-0.25, -0.2) is 0 Å². The first-order valence-corrected chi connectivity index (χ1v) is 7.43. The van der Waals surface area contributed by atoms with Gasteiger partial charge < -0.3 is 4.74 Å². The van der Waals surface area contributed by atoms with Crippen LogP contribution in [0.1, 0.15) is 30.4 Å². The van der Waals surface area contributed by atoms with Crippen LogP contribution in [0.3, 0.4) is 0 Å². The van der Waals surface area contributed by atoms with E-state index in [4.69, 9.17) is 4.74 Å². The Kier molecular flexibility index (Phi) is 6.16. The lowest BCUT2D eigenvalue weighted by Crippen LogP contribution is -1.99. The first kappa shape index (κ1) is 14.6. The molecule has 1 radical (unpaired) electrons. The van der Waals surface area contributed by atoms with Gasteiger partial charge in [-0.3, -0.25) is 0 Å². The Morgan fingerprint density at radius 2 is 1.55 bits per heavy atom. The quantitative estimate of drug-likeness (QED) is 0.621.